The van der Waals surface area contributed by atoms with E-state index < -0.39 is 24.3 Å². The first-order valence-corrected chi connectivity index (χ1v) is 8.28. The van der Waals surface area contributed by atoms with Crippen molar-refractivity contribution in [1.29, 1.82) is 0 Å². The van der Waals surface area contributed by atoms with E-state index in [2.05, 4.69) is 13.8 Å². The van der Waals surface area contributed by atoms with Crippen LogP contribution in [0.1, 0.15) is 51.9 Å². The van der Waals surface area contributed by atoms with E-state index in [0.29, 0.717) is 23.8 Å². The third-order valence-electron chi connectivity index (χ3n) is 4.51. The zero-order valence-electron chi connectivity index (χ0n) is 15.6. The van der Waals surface area contributed by atoms with Gasteiger partial charge < -0.3 is 18.8 Å². The summed E-state index contributed by atoms with van der Waals surface area (Å²) in [4.78, 5) is 12.1. The Morgan fingerprint density at radius 2 is 1.75 bits per heavy atom. The van der Waals surface area contributed by atoms with Crippen LogP contribution in [0.25, 0.3) is 0 Å². The van der Waals surface area contributed by atoms with Crippen LogP contribution in [0.3, 0.4) is 0 Å². The van der Waals surface area contributed by atoms with Gasteiger partial charge in [-0.05, 0) is 51.2 Å². The van der Waals surface area contributed by atoms with Crippen molar-refractivity contribution < 1.29 is 23.6 Å². The number of esters is 1. The number of hydrogen-bond acceptors (Lipinski definition) is 5. The Labute approximate surface area is 144 Å². The molecular weight excluding hydrogens is 307 g/mol. The molecule has 2 rings (SSSR count). The molecule has 1 heterocycles. The molecule has 1 aliphatic heterocycles. The lowest BCUT2D eigenvalue weighted by Crippen LogP contribution is -2.41. The van der Waals surface area contributed by atoms with Gasteiger partial charge in [-0.3, -0.25) is 0 Å². The highest BCUT2D eigenvalue weighted by Crippen LogP contribution is 2.36. The van der Waals surface area contributed by atoms with Crippen molar-refractivity contribution in [1.82, 2.24) is 0 Å². The average Bonchev–Trinajstić information content (AvgIpc) is 2.72. The van der Waals surface area contributed by atoms with Crippen molar-refractivity contribution in [3.63, 3.8) is 0 Å². The minimum absolute atomic E-state index is 0.360. The Bertz CT molecular complexity index is 593. The maximum absolute atomic E-state index is 12.1. The van der Waals surface area contributed by atoms with Crippen LogP contribution in [-0.2, 0) is 14.0 Å². The molecule has 1 aromatic rings. The first kappa shape index (κ1) is 18.8. The maximum Gasteiger partial charge on any atom is 0.494 e. The fourth-order valence-corrected chi connectivity index (χ4v) is 2.33. The molecule has 1 aromatic carbocycles. The zero-order chi connectivity index (χ0) is 18.1. The van der Waals surface area contributed by atoms with Crippen molar-refractivity contribution >= 4 is 18.6 Å². The first-order chi connectivity index (χ1) is 11.1. The van der Waals surface area contributed by atoms with Crippen LogP contribution in [0.4, 0.5) is 0 Å². The largest absolute Gasteiger partial charge is 0.494 e. The molecule has 0 aromatic heterocycles. The Hall–Kier alpha value is -1.53. The number of rotatable bonds is 5. The van der Waals surface area contributed by atoms with E-state index in [-0.39, 0.29) is 0 Å². The van der Waals surface area contributed by atoms with Gasteiger partial charge in [-0.15, -0.1) is 0 Å². The summed E-state index contributed by atoms with van der Waals surface area (Å²) in [7, 11) is 0.827. The molecule has 0 aliphatic carbocycles. The van der Waals surface area contributed by atoms with E-state index in [4.69, 9.17) is 18.8 Å². The lowest BCUT2D eigenvalue weighted by Gasteiger charge is -2.32. The highest BCUT2D eigenvalue weighted by atomic mass is 16.7. The van der Waals surface area contributed by atoms with Crippen molar-refractivity contribution in [2.24, 2.45) is 5.92 Å². The lowest BCUT2D eigenvalue weighted by molar-refractivity contribution is 0.00578. The van der Waals surface area contributed by atoms with E-state index in [1.165, 1.54) is 7.11 Å². The highest BCUT2D eigenvalue weighted by Gasteiger charge is 2.51. The van der Waals surface area contributed by atoms with Crippen LogP contribution in [0.15, 0.2) is 18.2 Å². The van der Waals surface area contributed by atoms with Crippen molar-refractivity contribution in [3.8, 4) is 5.75 Å². The molecule has 0 N–H and O–H groups in total. The van der Waals surface area contributed by atoms with Gasteiger partial charge in [0.1, 0.15) is 11.3 Å². The predicted octanol–water partition coefficient (Wildman–Crippen LogP) is 2.81. The molecule has 1 fully saturated rings. The van der Waals surface area contributed by atoms with Crippen LogP contribution >= 0.6 is 0 Å². The molecular formula is C18H27BO5. The topological polar surface area (TPSA) is 54.0 Å². The number of benzene rings is 1. The smallest absolute Gasteiger partial charge is 0.492 e. The lowest BCUT2D eigenvalue weighted by atomic mass is 9.78. The Balaban J connectivity index is 2.31. The Morgan fingerprint density at radius 1 is 1.17 bits per heavy atom. The van der Waals surface area contributed by atoms with Gasteiger partial charge in [-0.1, -0.05) is 19.9 Å². The number of carbonyl (C=O) groups is 1. The zero-order valence-corrected chi connectivity index (χ0v) is 15.6. The summed E-state index contributed by atoms with van der Waals surface area (Å²) in [6, 6.07) is 5.36. The standard InChI is InChI=1S/C18H27BO5/c1-12(2)11-22-15-9-8-13(10-14(15)16(20)21-7)19-23-17(3,4)18(5,6)24-19/h8-10,12H,11H2,1-7H3. The van der Waals surface area contributed by atoms with Crippen LogP contribution in [0.2, 0.25) is 0 Å². The second kappa shape index (κ2) is 6.77. The van der Waals surface area contributed by atoms with Gasteiger partial charge >= 0.3 is 13.1 Å². The number of ether oxygens (including phenoxy) is 2. The summed E-state index contributed by atoms with van der Waals surface area (Å²) in [6.45, 7) is 12.6. The summed E-state index contributed by atoms with van der Waals surface area (Å²) < 4.78 is 22.7. The van der Waals surface area contributed by atoms with Gasteiger partial charge in [0.15, 0.2) is 0 Å². The molecule has 0 spiro atoms. The average molecular weight is 334 g/mol. The molecule has 0 amide bonds. The second-order valence-corrected chi connectivity index (χ2v) is 7.54. The number of hydrogen-bond donors (Lipinski definition) is 0. The SMILES string of the molecule is COC(=O)c1cc(B2OC(C)(C)C(C)(C)O2)ccc1OCC(C)C. The summed E-state index contributed by atoms with van der Waals surface area (Å²) in [6.07, 6.45) is 0. The quantitative estimate of drug-likeness (QED) is 0.612. The van der Waals surface area contributed by atoms with E-state index in [0.717, 1.165) is 5.46 Å². The predicted molar refractivity (Wildman–Crippen MR) is 93.8 cm³/mol. The number of carbonyl (C=O) groups excluding carboxylic acids is 1. The fourth-order valence-electron chi connectivity index (χ4n) is 2.33. The summed E-state index contributed by atoms with van der Waals surface area (Å²) >= 11 is 0. The van der Waals surface area contributed by atoms with E-state index in [1.807, 2.05) is 33.8 Å². The number of methoxy groups -OCH3 is 1. The normalized spacial score (nSPS) is 18.8. The Morgan fingerprint density at radius 3 is 2.25 bits per heavy atom. The van der Waals surface area contributed by atoms with E-state index >= 15 is 0 Å². The molecule has 1 aliphatic rings. The molecule has 0 saturated carbocycles. The molecule has 0 atom stereocenters. The fraction of sp³-hybridized carbons (Fsp3) is 0.611. The monoisotopic (exact) mass is 334 g/mol. The van der Waals surface area contributed by atoms with Crippen LogP contribution in [0.5, 0.6) is 5.75 Å². The summed E-state index contributed by atoms with van der Waals surface area (Å²) in [5.74, 6) is 0.432. The molecule has 0 radical (unpaired) electrons. The van der Waals surface area contributed by atoms with E-state index in [9.17, 15) is 4.79 Å². The van der Waals surface area contributed by atoms with Crippen molar-refractivity contribution in [2.75, 3.05) is 13.7 Å². The minimum Gasteiger partial charge on any atom is -0.492 e. The van der Waals surface area contributed by atoms with Gasteiger partial charge in [0.25, 0.3) is 0 Å². The van der Waals surface area contributed by atoms with Gasteiger partial charge in [-0.2, -0.15) is 0 Å². The highest BCUT2D eigenvalue weighted by molar-refractivity contribution is 6.62. The first-order valence-electron chi connectivity index (χ1n) is 8.28. The van der Waals surface area contributed by atoms with Crippen LogP contribution in [0, 0.1) is 5.92 Å². The van der Waals surface area contributed by atoms with Gasteiger partial charge in [-0.25, -0.2) is 4.79 Å². The minimum atomic E-state index is -0.530. The van der Waals surface area contributed by atoms with Gasteiger partial charge in [0, 0.05) is 0 Å². The van der Waals surface area contributed by atoms with E-state index in [1.54, 1.807) is 12.1 Å². The molecule has 0 bridgehead atoms. The molecule has 1 saturated heterocycles. The Kier molecular flexibility index (Phi) is 5.30. The molecule has 0 unspecified atom stereocenters. The van der Waals surface area contributed by atoms with Gasteiger partial charge in [0.05, 0.1) is 24.9 Å². The summed E-state index contributed by atoms with van der Waals surface area (Å²) in [5, 5.41) is 0. The molecule has 132 valence electrons. The summed E-state index contributed by atoms with van der Waals surface area (Å²) in [5.41, 5.74) is 0.280. The molecule has 24 heavy (non-hydrogen) atoms. The molecule has 6 heteroatoms. The van der Waals surface area contributed by atoms with Crippen molar-refractivity contribution in [3.05, 3.63) is 23.8 Å². The van der Waals surface area contributed by atoms with Gasteiger partial charge in [0.2, 0.25) is 0 Å². The van der Waals surface area contributed by atoms with Crippen molar-refractivity contribution in [2.45, 2.75) is 52.7 Å². The second-order valence-electron chi connectivity index (χ2n) is 7.54. The molecule has 5 nitrogen and oxygen atoms in total. The van der Waals surface area contributed by atoms with Crippen LogP contribution in [-0.4, -0.2) is 38.0 Å². The van der Waals surface area contributed by atoms with Crippen LogP contribution < -0.4 is 10.2 Å². The maximum atomic E-state index is 12.1. The third kappa shape index (κ3) is 3.76. The third-order valence-corrected chi connectivity index (χ3v) is 4.51.